The summed E-state index contributed by atoms with van der Waals surface area (Å²) in [6.07, 6.45) is 4.34. The molecular formula is C19H15N3O2. The zero-order valence-electron chi connectivity index (χ0n) is 12.8. The number of nitrogens with zero attached hydrogens (tertiary/aromatic N) is 2. The first-order valence-electron chi connectivity index (χ1n) is 7.70. The van der Waals surface area contributed by atoms with Crippen molar-refractivity contribution in [2.45, 2.75) is 12.1 Å². The molecule has 0 radical (unpaired) electrons. The van der Waals surface area contributed by atoms with Crippen molar-refractivity contribution in [3.05, 3.63) is 84.3 Å². The van der Waals surface area contributed by atoms with E-state index < -0.39 is 12.2 Å². The van der Waals surface area contributed by atoms with Crippen LogP contribution < -0.4 is 5.32 Å². The molecule has 0 saturated carbocycles. The molecule has 1 fully saturated rings. The summed E-state index contributed by atoms with van der Waals surface area (Å²) in [4.78, 5) is 20.3. The molecule has 3 heterocycles. The van der Waals surface area contributed by atoms with Crippen molar-refractivity contribution in [3.8, 4) is 11.3 Å². The molecule has 1 N–H and O–H groups in total. The summed E-state index contributed by atoms with van der Waals surface area (Å²) in [5.41, 5.74) is 3.70. The van der Waals surface area contributed by atoms with Crippen molar-refractivity contribution >= 4 is 6.09 Å². The maximum absolute atomic E-state index is 11.8. The second kappa shape index (κ2) is 6.12. The van der Waals surface area contributed by atoms with Gasteiger partial charge < -0.3 is 10.1 Å². The molecule has 1 saturated heterocycles. The van der Waals surface area contributed by atoms with Gasteiger partial charge in [0.05, 0.1) is 11.7 Å². The van der Waals surface area contributed by atoms with Crippen LogP contribution >= 0.6 is 0 Å². The molecule has 0 unspecified atom stereocenters. The van der Waals surface area contributed by atoms with E-state index in [1.54, 1.807) is 18.6 Å². The summed E-state index contributed by atoms with van der Waals surface area (Å²) in [5, 5.41) is 2.88. The largest absolute Gasteiger partial charge is 0.439 e. The van der Waals surface area contributed by atoms with Crippen LogP contribution in [0.3, 0.4) is 0 Å². The molecule has 3 aromatic rings. The number of hydrogen-bond acceptors (Lipinski definition) is 4. The van der Waals surface area contributed by atoms with Crippen molar-refractivity contribution in [1.29, 1.82) is 0 Å². The lowest BCUT2D eigenvalue weighted by atomic mass is 9.97. The monoisotopic (exact) mass is 317 g/mol. The first-order valence-corrected chi connectivity index (χ1v) is 7.70. The van der Waals surface area contributed by atoms with Gasteiger partial charge in [-0.05, 0) is 23.8 Å². The average Bonchev–Trinajstić information content (AvgIpc) is 3.05. The third-order valence-corrected chi connectivity index (χ3v) is 4.04. The van der Waals surface area contributed by atoms with Crippen LogP contribution in [0.1, 0.15) is 23.3 Å². The normalized spacial score (nSPS) is 19.6. The minimum atomic E-state index is -0.424. The van der Waals surface area contributed by atoms with E-state index in [9.17, 15) is 4.79 Å². The van der Waals surface area contributed by atoms with Crippen LogP contribution in [0, 0.1) is 0 Å². The van der Waals surface area contributed by atoms with Crippen LogP contribution in [0.15, 0.2) is 73.2 Å². The van der Waals surface area contributed by atoms with Gasteiger partial charge in [-0.15, -0.1) is 0 Å². The molecule has 4 rings (SSSR count). The molecule has 5 heteroatoms. The second-order valence-electron chi connectivity index (χ2n) is 5.57. The lowest BCUT2D eigenvalue weighted by Crippen LogP contribution is -2.19. The Morgan fingerprint density at radius 1 is 0.958 bits per heavy atom. The standard InChI is InChI=1S/C19H15N3O2/c23-19-22-17(18(24-19)15-7-4-9-20-12-15)14-8-10-21-16(11-14)13-5-2-1-3-6-13/h1-12,17-18H,(H,22,23)/t17-,18-/m1/s1. The molecule has 0 bridgehead atoms. The van der Waals surface area contributed by atoms with Crippen molar-refractivity contribution in [3.63, 3.8) is 0 Å². The van der Waals surface area contributed by atoms with Crippen LogP contribution in [0.2, 0.25) is 0 Å². The molecule has 1 aliphatic rings. The van der Waals surface area contributed by atoms with E-state index in [1.165, 1.54) is 0 Å². The minimum absolute atomic E-state index is 0.271. The number of ether oxygens (including phenoxy) is 1. The van der Waals surface area contributed by atoms with Crippen molar-refractivity contribution in [2.24, 2.45) is 0 Å². The number of aromatic nitrogens is 2. The number of carbonyl (C=O) groups is 1. The first-order chi connectivity index (χ1) is 11.8. The number of hydrogen-bond donors (Lipinski definition) is 1. The molecule has 118 valence electrons. The second-order valence-corrected chi connectivity index (χ2v) is 5.57. The fourth-order valence-corrected chi connectivity index (χ4v) is 2.89. The Bertz CT molecular complexity index is 853. The molecule has 1 aliphatic heterocycles. The van der Waals surface area contributed by atoms with Gasteiger partial charge in [0.15, 0.2) is 6.10 Å². The van der Waals surface area contributed by atoms with Gasteiger partial charge in [0, 0.05) is 29.7 Å². The number of amides is 1. The predicted octanol–water partition coefficient (Wildman–Crippen LogP) is 3.67. The van der Waals surface area contributed by atoms with Crippen LogP contribution in [0.4, 0.5) is 4.79 Å². The third kappa shape index (κ3) is 2.72. The zero-order valence-corrected chi connectivity index (χ0v) is 12.8. The molecule has 5 nitrogen and oxygen atoms in total. The highest BCUT2D eigenvalue weighted by molar-refractivity contribution is 5.71. The van der Waals surface area contributed by atoms with Gasteiger partial charge in [-0.1, -0.05) is 36.4 Å². The highest BCUT2D eigenvalue weighted by atomic mass is 16.6. The molecule has 2 atom stereocenters. The van der Waals surface area contributed by atoms with Gasteiger partial charge in [0.2, 0.25) is 0 Å². The zero-order chi connectivity index (χ0) is 16.4. The van der Waals surface area contributed by atoms with Crippen LogP contribution in [-0.2, 0) is 4.74 Å². The number of alkyl carbamates (subject to hydrolysis) is 1. The van der Waals surface area contributed by atoms with Gasteiger partial charge >= 0.3 is 6.09 Å². The number of pyridine rings is 2. The summed E-state index contributed by atoms with van der Waals surface area (Å²) < 4.78 is 5.45. The summed E-state index contributed by atoms with van der Waals surface area (Å²) in [7, 11) is 0. The topological polar surface area (TPSA) is 64.1 Å². The van der Waals surface area contributed by atoms with Crippen molar-refractivity contribution < 1.29 is 9.53 Å². The predicted molar refractivity (Wildman–Crippen MR) is 89.0 cm³/mol. The van der Waals surface area contributed by atoms with Gasteiger partial charge in [-0.2, -0.15) is 0 Å². The lowest BCUT2D eigenvalue weighted by molar-refractivity contribution is 0.132. The Hall–Kier alpha value is -3.21. The summed E-state index contributed by atoms with van der Waals surface area (Å²) in [6.45, 7) is 0. The van der Waals surface area contributed by atoms with Crippen LogP contribution in [-0.4, -0.2) is 16.1 Å². The quantitative estimate of drug-likeness (QED) is 0.800. The molecule has 1 amide bonds. The van der Waals surface area contributed by atoms with Crippen LogP contribution in [0.5, 0.6) is 0 Å². The summed E-state index contributed by atoms with van der Waals surface area (Å²) in [6, 6.07) is 17.3. The fraction of sp³-hybridized carbons (Fsp3) is 0.105. The van der Waals surface area contributed by atoms with Gasteiger partial charge in [0.25, 0.3) is 0 Å². The highest BCUT2D eigenvalue weighted by Gasteiger charge is 2.36. The van der Waals surface area contributed by atoms with E-state index in [4.69, 9.17) is 4.74 Å². The molecule has 1 aromatic carbocycles. The van der Waals surface area contributed by atoms with E-state index in [1.807, 2.05) is 54.6 Å². The highest BCUT2D eigenvalue weighted by Crippen LogP contribution is 2.37. The van der Waals surface area contributed by atoms with Crippen molar-refractivity contribution in [1.82, 2.24) is 15.3 Å². The number of nitrogens with one attached hydrogen (secondary N) is 1. The smallest absolute Gasteiger partial charge is 0.408 e. The Kier molecular flexibility index (Phi) is 3.67. The Balaban J connectivity index is 1.71. The SMILES string of the molecule is O=C1N[C@H](c2ccnc(-c3ccccc3)c2)[C@@H](c2cccnc2)O1. The summed E-state index contributed by atoms with van der Waals surface area (Å²) >= 11 is 0. The van der Waals surface area contributed by atoms with Gasteiger partial charge in [-0.3, -0.25) is 9.97 Å². The van der Waals surface area contributed by atoms with E-state index in [0.29, 0.717) is 0 Å². The van der Waals surface area contributed by atoms with E-state index in [2.05, 4.69) is 15.3 Å². The number of rotatable bonds is 3. The minimum Gasteiger partial charge on any atom is -0.439 e. The van der Waals surface area contributed by atoms with Gasteiger partial charge in [-0.25, -0.2) is 4.79 Å². The Morgan fingerprint density at radius 3 is 2.62 bits per heavy atom. The third-order valence-electron chi connectivity index (χ3n) is 4.04. The molecule has 0 spiro atoms. The fourth-order valence-electron chi connectivity index (χ4n) is 2.89. The Labute approximate surface area is 139 Å². The molecule has 0 aliphatic carbocycles. The Morgan fingerprint density at radius 2 is 1.83 bits per heavy atom. The first kappa shape index (κ1) is 14.4. The molecular weight excluding hydrogens is 302 g/mol. The summed E-state index contributed by atoms with van der Waals surface area (Å²) in [5.74, 6) is 0. The van der Waals surface area contributed by atoms with E-state index in [0.717, 1.165) is 22.4 Å². The van der Waals surface area contributed by atoms with Crippen molar-refractivity contribution in [2.75, 3.05) is 0 Å². The molecule has 2 aromatic heterocycles. The van der Waals surface area contributed by atoms with E-state index >= 15 is 0 Å². The van der Waals surface area contributed by atoms with Crippen LogP contribution in [0.25, 0.3) is 11.3 Å². The molecule has 24 heavy (non-hydrogen) atoms. The number of cyclic esters (lactones) is 1. The number of benzene rings is 1. The lowest BCUT2D eigenvalue weighted by Gasteiger charge is -2.17. The average molecular weight is 317 g/mol. The number of carbonyl (C=O) groups excluding carboxylic acids is 1. The van der Waals surface area contributed by atoms with Gasteiger partial charge in [0.1, 0.15) is 0 Å². The maximum Gasteiger partial charge on any atom is 0.408 e. The maximum atomic E-state index is 11.8. The van der Waals surface area contributed by atoms with E-state index in [-0.39, 0.29) is 6.04 Å².